The van der Waals surface area contributed by atoms with Crippen molar-refractivity contribution >= 4 is 33.2 Å². The zero-order valence-electron chi connectivity index (χ0n) is 31.2. The summed E-state index contributed by atoms with van der Waals surface area (Å²) >= 11 is 6.51. The van der Waals surface area contributed by atoms with Gasteiger partial charge >= 0.3 is 0 Å². The van der Waals surface area contributed by atoms with Gasteiger partial charge in [0.25, 0.3) is 5.91 Å². The zero-order chi connectivity index (χ0) is 36.4. The minimum atomic E-state index is -3.94. The summed E-state index contributed by atoms with van der Waals surface area (Å²) in [5.41, 5.74) is 2.98. The number of halogens is 1. The van der Waals surface area contributed by atoms with Gasteiger partial charge in [-0.3, -0.25) is 9.69 Å². The first-order valence-electron chi connectivity index (χ1n) is 19.4. The molecule has 3 fully saturated rings. The number of anilines is 1. The van der Waals surface area contributed by atoms with Crippen molar-refractivity contribution in [2.45, 2.75) is 68.6 Å². The monoisotopic (exact) mass is 750 g/mol. The van der Waals surface area contributed by atoms with Crippen molar-refractivity contribution in [1.82, 2.24) is 14.5 Å². The molecule has 1 spiro atoms. The maximum absolute atomic E-state index is 13.6. The molecule has 8 atom stereocenters. The number of allylic oxidation sites excluding steroid dienone is 1. The van der Waals surface area contributed by atoms with Gasteiger partial charge in [-0.15, -0.1) is 0 Å². The van der Waals surface area contributed by atoms with Gasteiger partial charge < -0.3 is 19.3 Å². The zero-order valence-corrected chi connectivity index (χ0v) is 32.7. The molecule has 6 aliphatic rings. The van der Waals surface area contributed by atoms with E-state index >= 15 is 0 Å². The summed E-state index contributed by atoms with van der Waals surface area (Å²) in [6.07, 6.45) is 10.2. The number of methoxy groups -OCH3 is 1. The van der Waals surface area contributed by atoms with E-state index in [2.05, 4.69) is 50.8 Å². The van der Waals surface area contributed by atoms with E-state index in [1.807, 2.05) is 32.2 Å². The number of hydrogen-bond acceptors (Lipinski definition) is 8. The smallest absolute Gasteiger partial charge is 0.264 e. The van der Waals surface area contributed by atoms with Crippen molar-refractivity contribution in [2.75, 3.05) is 71.5 Å². The molecule has 0 unspecified atom stereocenters. The second kappa shape index (κ2) is 13.9. The van der Waals surface area contributed by atoms with Gasteiger partial charge in [0.2, 0.25) is 10.0 Å². The molecule has 1 amide bonds. The molecule has 2 aromatic rings. The van der Waals surface area contributed by atoms with Gasteiger partial charge in [-0.25, -0.2) is 13.1 Å². The molecule has 2 saturated heterocycles. The Morgan fingerprint density at radius 2 is 1.81 bits per heavy atom. The minimum Gasteiger partial charge on any atom is -0.490 e. The Balaban J connectivity index is 1.19. The van der Waals surface area contributed by atoms with E-state index in [1.54, 1.807) is 13.0 Å². The van der Waals surface area contributed by atoms with Gasteiger partial charge in [0.1, 0.15) is 11.4 Å². The lowest BCUT2D eigenvalue weighted by atomic mass is 9.63. The second-order valence-corrected chi connectivity index (χ2v) is 19.6. The molecule has 1 N–H and O–H groups in total. The number of nitrogens with one attached hydrogen (secondary N) is 1. The molecular weight excluding hydrogens is 696 g/mol. The molecule has 9 nitrogen and oxygen atoms in total. The van der Waals surface area contributed by atoms with Gasteiger partial charge in [0.05, 0.1) is 17.5 Å². The van der Waals surface area contributed by atoms with Crippen LogP contribution in [0.2, 0.25) is 5.02 Å². The Morgan fingerprint density at radius 3 is 2.54 bits per heavy atom. The highest BCUT2D eigenvalue weighted by molar-refractivity contribution is 7.90. The normalized spacial score (nSPS) is 36.9. The number of fused-ring (bicyclic) bond motifs is 5. The molecule has 2 bridgehead atoms. The quantitative estimate of drug-likeness (QED) is 0.397. The van der Waals surface area contributed by atoms with Crippen LogP contribution in [0.5, 0.6) is 5.75 Å². The summed E-state index contributed by atoms with van der Waals surface area (Å²) in [5.74, 6) is 1.94. The standard InChI is InChI=1S/C41H55ClN4O5S/c1-27-7-5-16-41(50-4,25-45-21-32-19-44(3)20-33(32)22-45)36-12-9-31(36)23-46-24-40(15-6-8-29-17-34(42)11-13-35(29)40)26-51-38-14-10-30(18-37(38)46)39(47)43-52(48,49)28(27)2/h5,10-11,13-14,16-18,27-28,31-33,36H,6-9,12,15,19-26H2,1-4H3,(H,43,47)/b16-5+/t27-,28+,31-,32-,33+,36+,40-,41-/m0/s1. The topological polar surface area (TPSA) is 91.4 Å². The van der Waals surface area contributed by atoms with Crippen LogP contribution in [0.25, 0.3) is 0 Å². The van der Waals surface area contributed by atoms with Crippen LogP contribution in [0.1, 0.15) is 67.4 Å². The first kappa shape index (κ1) is 36.4. The average Bonchev–Trinajstić information content (AvgIpc) is 3.58. The number of nitrogens with zero attached hydrogens (tertiary/aromatic N) is 3. The molecule has 2 aromatic carbocycles. The van der Waals surface area contributed by atoms with Crippen molar-refractivity contribution in [3.8, 4) is 5.75 Å². The van der Waals surface area contributed by atoms with Crippen LogP contribution in [0.4, 0.5) is 5.69 Å². The number of carbonyl (C=O) groups is 1. The first-order valence-corrected chi connectivity index (χ1v) is 21.3. The number of sulfonamides is 1. The van der Waals surface area contributed by atoms with E-state index in [9.17, 15) is 13.2 Å². The number of likely N-dealkylation sites (tertiary alicyclic amines) is 2. The second-order valence-electron chi connectivity index (χ2n) is 17.1. The van der Waals surface area contributed by atoms with Crippen molar-refractivity contribution in [3.05, 3.63) is 70.3 Å². The fourth-order valence-corrected chi connectivity index (χ4v) is 12.1. The fourth-order valence-electron chi connectivity index (χ4n) is 10.6. The van der Waals surface area contributed by atoms with Gasteiger partial charge in [-0.1, -0.05) is 36.7 Å². The lowest BCUT2D eigenvalue weighted by molar-refractivity contribution is -0.0899. The predicted molar refractivity (Wildman–Crippen MR) is 206 cm³/mol. The third kappa shape index (κ3) is 6.58. The molecule has 11 heteroatoms. The van der Waals surface area contributed by atoms with Crippen LogP contribution in [-0.4, -0.2) is 102 Å². The van der Waals surface area contributed by atoms with Crippen molar-refractivity contribution < 1.29 is 22.7 Å². The summed E-state index contributed by atoms with van der Waals surface area (Å²) in [5, 5.41) is -0.0133. The molecule has 0 aromatic heterocycles. The van der Waals surface area contributed by atoms with Crippen LogP contribution in [0.3, 0.4) is 0 Å². The Bertz CT molecular complexity index is 1820. The largest absolute Gasteiger partial charge is 0.490 e. The number of benzene rings is 2. The fraction of sp³-hybridized carbons (Fsp3) is 0.634. The molecule has 1 saturated carbocycles. The summed E-state index contributed by atoms with van der Waals surface area (Å²) in [4.78, 5) is 21.2. The Hall–Kier alpha value is -2.63. The lowest BCUT2D eigenvalue weighted by Gasteiger charge is -2.51. The predicted octanol–water partition coefficient (Wildman–Crippen LogP) is 5.76. The Kier molecular flexibility index (Phi) is 9.72. The first-order chi connectivity index (χ1) is 24.9. The van der Waals surface area contributed by atoms with Crippen LogP contribution in [0.15, 0.2) is 48.6 Å². The number of hydrogen-bond donors (Lipinski definition) is 1. The number of aryl methyl sites for hydroxylation is 1. The lowest BCUT2D eigenvalue weighted by Crippen LogP contribution is -2.57. The van der Waals surface area contributed by atoms with E-state index < -0.39 is 26.8 Å². The van der Waals surface area contributed by atoms with E-state index in [0.717, 1.165) is 94.4 Å². The summed E-state index contributed by atoms with van der Waals surface area (Å²) in [7, 11) is 0.159. The Morgan fingerprint density at radius 1 is 1.02 bits per heavy atom. The SMILES string of the molecule is CO[C@]1(CN2C[C@H]3CN(C)C[C@H]3C2)/C=C/C[C@H](C)[C@@H](C)S(=O)(=O)NC(=O)c2ccc3c(c2)N(C[C@@H]2CC[C@H]21)C[C@@]1(CCCc2cc(Cl)ccc21)CO3. The van der Waals surface area contributed by atoms with Gasteiger partial charge in [-0.2, -0.15) is 0 Å². The highest BCUT2D eigenvalue weighted by Crippen LogP contribution is 2.50. The molecule has 4 heterocycles. The van der Waals surface area contributed by atoms with Gasteiger partial charge in [-0.05, 0) is 124 Å². The molecule has 2 aliphatic carbocycles. The maximum Gasteiger partial charge on any atom is 0.264 e. The number of amides is 1. The molecular formula is C41H55ClN4O5S. The summed E-state index contributed by atoms with van der Waals surface area (Å²) < 4.78 is 43.0. The summed E-state index contributed by atoms with van der Waals surface area (Å²) in [6.45, 7) is 11.0. The van der Waals surface area contributed by atoms with E-state index in [0.29, 0.717) is 36.3 Å². The number of rotatable bonds is 3. The number of ether oxygens (including phenoxy) is 2. The highest BCUT2D eigenvalue weighted by Gasteiger charge is 2.51. The highest BCUT2D eigenvalue weighted by atomic mass is 35.5. The van der Waals surface area contributed by atoms with Crippen LogP contribution < -0.4 is 14.4 Å². The average molecular weight is 751 g/mol. The molecule has 4 aliphatic heterocycles. The van der Waals surface area contributed by atoms with E-state index in [-0.39, 0.29) is 17.3 Å². The summed E-state index contributed by atoms with van der Waals surface area (Å²) in [6, 6.07) is 11.7. The van der Waals surface area contributed by atoms with Crippen molar-refractivity contribution in [3.63, 3.8) is 0 Å². The van der Waals surface area contributed by atoms with E-state index in [1.165, 1.54) is 11.1 Å². The van der Waals surface area contributed by atoms with Gasteiger partial charge in [0.15, 0.2) is 0 Å². The molecule has 0 radical (unpaired) electrons. The van der Waals surface area contributed by atoms with E-state index in [4.69, 9.17) is 21.1 Å². The third-order valence-corrected chi connectivity index (χ3v) is 16.0. The minimum absolute atomic E-state index is 0.205. The molecule has 52 heavy (non-hydrogen) atoms. The van der Waals surface area contributed by atoms with Crippen LogP contribution >= 0.6 is 11.6 Å². The maximum atomic E-state index is 13.6. The van der Waals surface area contributed by atoms with Crippen LogP contribution in [-0.2, 0) is 26.6 Å². The van der Waals surface area contributed by atoms with Crippen LogP contribution in [0, 0.1) is 29.6 Å². The number of carbonyl (C=O) groups excluding carboxylic acids is 1. The van der Waals surface area contributed by atoms with Crippen molar-refractivity contribution in [1.29, 1.82) is 0 Å². The van der Waals surface area contributed by atoms with Crippen molar-refractivity contribution in [2.24, 2.45) is 29.6 Å². The third-order valence-electron chi connectivity index (χ3n) is 13.8. The molecule has 8 rings (SSSR count). The van der Waals surface area contributed by atoms with Gasteiger partial charge in [0, 0.05) is 68.9 Å². The Labute approximate surface area is 315 Å². The molecule has 282 valence electrons.